The van der Waals surface area contributed by atoms with Crippen LogP contribution in [0.2, 0.25) is 5.02 Å². The van der Waals surface area contributed by atoms with Gasteiger partial charge < -0.3 is 0 Å². The minimum atomic E-state index is -0.245. The molecule has 4 rings (SSSR count). The van der Waals surface area contributed by atoms with Crippen LogP contribution in [-0.2, 0) is 12.8 Å². The van der Waals surface area contributed by atoms with Crippen molar-refractivity contribution < 1.29 is 9.18 Å². The molecule has 0 saturated heterocycles. The quantitative estimate of drug-likeness (QED) is 0.359. The van der Waals surface area contributed by atoms with Crippen LogP contribution in [0.15, 0.2) is 66.9 Å². The predicted molar refractivity (Wildman–Crippen MR) is 114 cm³/mol. The van der Waals surface area contributed by atoms with Crippen molar-refractivity contribution >= 4 is 23.0 Å². The maximum Gasteiger partial charge on any atom is 0.181 e. The maximum atomic E-state index is 13.1. The van der Waals surface area contributed by atoms with E-state index in [0.717, 1.165) is 22.4 Å². The van der Waals surface area contributed by atoms with Crippen molar-refractivity contribution in [2.75, 3.05) is 0 Å². The maximum absolute atomic E-state index is 13.1. The molecule has 0 fully saturated rings. The molecule has 0 aliphatic carbocycles. The van der Waals surface area contributed by atoms with E-state index in [2.05, 4.69) is 4.98 Å². The number of pyridine rings is 1. The molecule has 0 aliphatic rings. The SMILES string of the molecule is CCc1nc2cc(Cl)ccn2c1C(=O)CCc1ccc(-c2ccc(F)cc2)cc1. The smallest absolute Gasteiger partial charge is 0.181 e. The molecule has 2 heterocycles. The van der Waals surface area contributed by atoms with Gasteiger partial charge in [-0.15, -0.1) is 0 Å². The third kappa shape index (κ3) is 4.08. The zero-order valence-corrected chi connectivity index (χ0v) is 16.8. The van der Waals surface area contributed by atoms with E-state index in [0.29, 0.717) is 35.6 Å². The lowest BCUT2D eigenvalue weighted by molar-refractivity contribution is 0.0976. The van der Waals surface area contributed by atoms with Crippen LogP contribution < -0.4 is 0 Å². The molecule has 5 heteroatoms. The summed E-state index contributed by atoms with van der Waals surface area (Å²) in [4.78, 5) is 17.5. The molecule has 0 amide bonds. The van der Waals surface area contributed by atoms with Crippen LogP contribution in [0.25, 0.3) is 16.8 Å². The average Bonchev–Trinajstić information content (AvgIpc) is 3.10. The highest BCUT2D eigenvalue weighted by molar-refractivity contribution is 6.30. The van der Waals surface area contributed by atoms with Gasteiger partial charge in [0, 0.05) is 23.7 Å². The van der Waals surface area contributed by atoms with E-state index >= 15 is 0 Å². The molecule has 0 N–H and O–H groups in total. The van der Waals surface area contributed by atoms with Crippen LogP contribution >= 0.6 is 11.6 Å². The van der Waals surface area contributed by atoms with E-state index in [9.17, 15) is 9.18 Å². The van der Waals surface area contributed by atoms with E-state index in [1.165, 1.54) is 12.1 Å². The van der Waals surface area contributed by atoms with Crippen LogP contribution in [0.5, 0.6) is 0 Å². The summed E-state index contributed by atoms with van der Waals surface area (Å²) in [7, 11) is 0. The fraction of sp³-hybridized carbons (Fsp3) is 0.167. The number of benzene rings is 2. The third-order valence-corrected chi connectivity index (χ3v) is 5.27. The first-order chi connectivity index (χ1) is 14.0. The molecule has 29 heavy (non-hydrogen) atoms. The second-order valence-corrected chi connectivity index (χ2v) is 7.40. The second kappa shape index (κ2) is 8.18. The molecule has 3 nitrogen and oxygen atoms in total. The first-order valence-corrected chi connectivity index (χ1v) is 9.97. The molecule has 0 bridgehead atoms. The van der Waals surface area contributed by atoms with E-state index < -0.39 is 0 Å². The van der Waals surface area contributed by atoms with Crippen molar-refractivity contribution in [1.29, 1.82) is 0 Å². The van der Waals surface area contributed by atoms with E-state index in [-0.39, 0.29) is 11.6 Å². The number of nitrogens with zero attached hydrogens (tertiary/aromatic N) is 2. The number of aryl methyl sites for hydroxylation is 2. The zero-order valence-electron chi connectivity index (χ0n) is 16.0. The van der Waals surface area contributed by atoms with Crippen LogP contribution in [0.4, 0.5) is 4.39 Å². The Kier molecular flexibility index (Phi) is 5.45. The summed E-state index contributed by atoms with van der Waals surface area (Å²) in [5.74, 6) is -0.177. The van der Waals surface area contributed by atoms with Crippen molar-refractivity contribution in [2.45, 2.75) is 26.2 Å². The Balaban J connectivity index is 1.50. The summed E-state index contributed by atoms with van der Waals surface area (Å²) in [6, 6.07) is 18.0. The number of hydrogen-bond donors (Lipinski definition) is 0. The summed E-state index contributed by atoms with van der Waals surface area (Å²) in [5, 5.41) is 0.602. The topological polar surface area (TPSA) is 34.4 Å². The third-order valence-electron chi connectivity index (χ3n) is 5.03. The van der Waals surface area contributed by atoms with Crippen LogP contribution in [0.1, 0.15) is 35.1 Å². The lowest BCUT2D eigenvalue weighted by atomic mass is 10.0. The first kappa shape index (κ1) is 19.3. The molecule has 0 atom stereocenters. The number of imidazole rings is 1. The molecule has 0 saturated carbocycles. The summed E-state index contributed by atoms with van der Waals surface area (Å²) < 4.78 is 14.9. The Morgan fingerprint density at radius 1 is 1.03 bits per heavy atom. The molecule has 0 unspecified atom stereocenters. The number of hydrogen-bond acceptors (Lipinski definition) is 2. The number of aromatic nitrogens is 2. The highest BCUT2D eigenvalue weighted by atomic mass is 35.5. The summed E-state index contributed by atoms with van der Waals surface area (Å²) in [5.41, 5.74) is 5.20. The van der Waals surface area contributed by atoms with Crippen LogP contribution in [0.3, 0.4) is 0 Å². The minimum absolute atomic E-state index is 0.0688. The first-order valence-electron chi connectivity index (χ1n) is 9.59. The van der Waals surface area contributed by atoms with Crippen LogP contribution in [0, 0.1) is 5.82 Å². The Morgan fingerprint density at radius 2 is 1.69 bits per heavy atom. The molecule has 2 aromatic heterocycles. The summed E-state index contributed by atoms with van der Waals surface area (Å²) in [6.45, 7) is 1.99. The van der Waals surface area contributed by atoms with Gasteiger partial charge in [-0.05, 0) is 47.7 Å². The predicted octanol–water partition coefficient (Wildman–Crippen LogP) is 6.17. The van der Waals surface area contributed by atoms with Crippen LogP contribution in [-0.4, -0.2) is 15.2 Å². The van der Waals surface area contributed by atoms with E-state index in [1.54, 1.807) is 30.5 Å². The number of Topliss-reactive ketones (excluding diaryl/α,β-unsaturated/α-hetero) is 1. The highest BCUT2D eigenvalue weighted by Crippen LogP contribution is 2.22. The zero-order chi connectivity index (χ0) is 20.4. The number of carbonyl (C=O) groups excluding carboxylic acids is 1. The Bertz CT molecular complexity index is 1160. The normalized spacial score (nSPS) is 11.1. The van der Waals surface area contributed by atoms with Crippen molar-refractivity contribution in [1.82, 2.24) is 9.38 Å². The van der Waals surface area contributed by atoms with Gasteiger partial charge in [0.25, 0.3) is 0 Å². The lowest BCUT2D eigenvalue weighted by Gasteiger charge is -2.06. The van der Waals surface area contributed by atoms with Crippen molar-refractivity contribution in [3.05, 3.63) is 94.7 Å². The van der Waals surface area contributed by atoms with Gasteiger partial charge in [0.2, 0.25) is 0 Å². The number of carbonyl (C=O) groups is 1. The average molecular weight is 407 g/mol. The molecular formula is C24H20ClFN2O. The largest absolute Gasteiger partial charge is 0.297 e. The van der Waals surface area contributed by atoms with Gasteiger partial charge in [0.15, 0.2) is 5.78 Å². The Morgan fingerprint density at radius 3 is 2.34 bits per heavy atom. The summed E-state index contributed by atoms with van der Waals surface area (Å²) in [6.07, 6.45) is 3.53. The van der Waals surface area contributed by atoms with Gasteiger partial charge in [-0.1, -0.05) is 54.9 Å². The molecule has 2 aromatic carbocycles. The Hall–Kier alpha value is -2.98. The second-order valence-electron chi connectivity index (χ2n) is 6.96. The van der Waals surface area contributed by atoms with Gasteiger partial charge in [-0.2, -0.15) is 0 Å². The molecule has 4 aromatic rings. The van der Waals surface area contributed by atoms with Gasteiger partial charge in [0.05, 0.1) is 5.69 Å². The minimum Gasteiger partial charge on any atom is -0.297 e. The van der Waals surface area contributed by atoms with E-state index in [1.807, 2.05) is 35.6 Å². The summed E-state index contributed by atoms with van der Waals surface area (Å²) >= 11 is 6.05. The molecule has 0 radical (unpaired) electrons. The molecule has 0 spiro atoms. The highest BCUT2D eigenvalue weighted by Gasteiger charge is 2.18. The van der Waals surface area contributed by atoms with Crippen molar-refractivity contribution in [3.63, 3.8) is 0 Å². The number of halogens is 2. The number of rotatable bonds is 6. The monoisotopic (exact) mass is 406 g/mol. The van der Waals surface area contributed by atoms with Crippen molar-refractivity contribution in [3.8, 4) is 11.1 Å². The number of ketones is 1. The van der Waals surface area contributed by atoms with E-state index in [4.69, 9.17) is 11.6 Å². The standard InChI is InChI=1S/C24H20ClFN2O/c1-2-21-24(28-14-13-19(25)15-23(28)27-21)22(29)12-5-16-3-6-17(7-4-16)18-8-10-20(26)11-9-18/h3-4,6-11,13-15H,2,5,12H2,1H3. The molecule has 146 valence electrons. The van der Waals surface area contributed by atoms with Crippen molar-refractivity contribution in [2.24, 2.45) is 0 Å². The van der Waals surface area contributed by atoms with Gasteiger partial charge in [-0.3, -0.25) is 9.20 Å². The fourth-order valence-corrected chi connectivity index (χ4v) is 3.65. The molecule has 0 aliphatic heterocycles. The fourth-order valence-electron chi connectivity index (χ4n) is 3.49. The Labute approximate surface area is 173 Å². The lowest BCUT2D eigenvalue weighted by Crippen LogP contribution is -2.07. The van der Waals surface area contributed by atoms with Gasteiger partial charge in [-0.25, -0.2) is 9.37 Å². The van der Waals surface area contributed by atoms with Gasteiger partial charge in [0.1, 0.15) is 17.2 Å². The number of fused-ring (bicyclic) bond motifs is 1. The van der Waals surface area contributed by atoms with Gasteiger partial charge >= 0.3 is 0 Å². The molecular weight excluding hydrogens is 387 g/mol.